The van der Waals surface area contributed by atoms with Crippen LogP contribution in [0.25, 0.3) is 0 Å². The van der Waals surface area contributed by atoms with Gasteiger partial charge >= 0.3 is 29.6 Å². The third-order valence-corrected chi connectivity index (χ3v) is 2.10. The smallest absolute Gasteiger partial charge is 0.727 e. The van der Waals surface area contributed by atoms with Crippen molar-refractivity contribution in [3.05, 3.63) is 40.4 Å². The van der Waals surface area contributed by atoms with Gasteiger partial charge in [-0.15, -0.1) is 0 Å². The molecule has 0 aromatic heterocycles. The van der Waals surface area contributed by atoms with Crippen LogP contribution >= 0.6 is 0 Å². The molecule has 0 heterocycles. The van der Waals surface area contributed by atoms with Crippen LogP contribution in [0.3, 0.4) is 0 Å². The molecule has 0 aliphatic rings. The van der Waals surface area contributed by atoms with E-state index in [1.165, 1.54) is 12.1 Å². The van der Waals surface area contributed by atoms with Crippen LogP contribution in [0.5, 0.6) is 0 Å². The van der Waals surface area contributed by atoms with Crippen LogP contribution in [0.1, 0.15) is 0 Å². The van der Waals surface area contributed by atoms with Crippen molar-refractivity contribution < 1.29 is 47.6 Å². The SMILES string of the molecule is O=[N+]([O-])N(c1ccccc1)S(=O)(=O)[O-].[Na+]. The Labute approximate surface area is 108 Å². The number of para-hydroxylation sites is 1. The molecule has 0 unspecified atom stereocenters. The molecular formula is C6H5N2NaO5S. The van der Waals surface area contributed by atoms with Crippen molar-refractivity contribution in [2.24, 2.45) is 0 Å². The molecule has 0 aliphatic carbocycles. The first-order chi connectivity index (χ1) is 6.43. The van der Waals surface area contributed by atoms with Gasteiger partial charge in [0, 0.05) is 4.41 Å². The van der Waals surface area contributed by atoms with E-state index < -0.39 is 19.8 Å². The summed E-state index contributed by atoms with van der Waals surface area (Å²) in [5.74, 6) is 0. The van der Waals surface area contributed by atoms with Gasteiger partial charge in [0.2, 0.25) is 10.3 Å². The molecule has 0 aliphatic heterocycles. The second-order valence-electron chi connectivity index (χ2n) is 2.27. The number of hydrazine groups is 1. The van der Waals surface area contributed by atoms with Gasteiger partial charge in [-0.3, -0.25) is 0 Å². The van der Waals surface area contributed by atoms with Crippen molar-refractivity contribution in [3.63, 3.8) is 0 Å². The fourth-order valence-corrected chi connectivity index (χ4v) is 1.40. The summed E-state index contributed by atoms with van der Waals surface area (Å²) < 4.78 is 31.1. The predicted molar refractivity (Wildman–Crippen MR) is 45.6 cm³/mol. The van der Waals surface area contributed by atoms with Gasteiger partial charge in [0.25, 0.3) is 0 Å². The Morgan fingerprint density at radius 3 is 2.00 bits per heavy atom. The molecule has 76 valence electrons. The van der Waals surface area contributed by atoms with E-state index in [1.54, 1.807) is 6.07 Å². The average molecular weight is 240 g/mol. The fraction of sp³-hybridized carbons (Fsp3) is 0. The van der Waals surface area contributed by atoms with Gasteiger partial charge in [-0.05, 0) is 12.1 Å². The molecule has 15 heavy (non-hydrogen) atoms. The maximum absolute atomic E-state index is 10.5. The summed E-state index contributed by atoms with van der Waals surface area (Å²) in [5, 5.41) is 9.02. The quantitative estimate of drug-likeness (QED) is 0.245. The average Bonchev–Trinajstić information content (AvgIpc) is 2.02. The number of nitrogens with zero attached hydrogens (tertiary/aromatic N) is 2. The number of hydrogen-bond donors (Lipinski definition) is 0. The van der Waals surface area contributed by atoms with Crippen LogP contribution in [0.4, 0.5) is 5.69 Å². The van der Waals surface area contributed by atoms with Gasteiger partial charge < -0.3 is 4.55 Å². The van der Waals surface area contributed by atoms with Gasteiger partial charge in [-0.2, -0.15) is 0 Å². The molecular weight excluding hydrogens is 235 g/mol. The van der Waals surface area contributed by atoms with Crippen LogP contribution in [-0.4, -0.2) is 18.0 Å². The molecule has 0 amide bonds. The minimum atomic E-state index is -5.13. The predicted octanol–water partition coefficient (Wildman–Crippen LogP) is -2.85. The Kier molecular flexibility index (Phi) is 5.18. The van der Waals surface area contributed by atoms with Gasteiger partial charge in [-0.1, -0.05) is 18.2 Å². The molecule has 1 aromatic rings. The minimum absolute atomic E-state index is 0. The van der Waals surface area contributed by atoms with E-state index in [1.807, 2.05) is 0 Å². The van der Waals surface area contributed by atoms with E-state index in [4.69, 9.17) is 0 Å². The van der Waals surface area contributed by atoms with E-state index in [0.717, 1.165) is 12.1 Å². The summed E-state index contributed by atoms with van der Waals surface area (Å²) >= 11 is 0. The monoisotopic (exact) mass is 240 g/mol. The van der Waals surface area contributed by atoms with Gasteiger partial charge in [0.05, 0.1) is 0 Å². The molecule has 0 bridgehead atoms. The Morgan fingerprint density at radius 2 is 1.67 bits per heavy atom. The Balaban J connectivity index is 0.00000196. The molecule has 1 rings (SSSR count). The van der Waals surface area contributed by atoms with Crippen molar-refractivity contribution >= 4 is 16.0 Å². The van der Waals surface area contributed by atoms with E-state index >= 15 is 0 Å². The van der Waals surface area contributed by atoms with Crippen LogP contribution < -0.4 is 34.0 Å². The maximum atomic E-state index is 10.5. The standard InChI is InChI=1S/C6H6N2O5S.Na/c9-8(10)7(14(11,12)13)6-4-2-1-3-5-6;/h1-5H,(H,11,12,13);/q;+1/p-1. The van der Waals surface area contributed by atoms with Crippen LogP contribution in [0.15, 0.2) is 30.3 Å². The molecule has 0 atom stereocenters. The number of benzene rings is 1. The number of anilines is 1. The third kappa shape index (κ3) is 3.76. The Bertz CT molecular complexity index is 434. The van der Waals surface area contributed by atoms with E-state index in [2.05, 4.69) is 0 Å². The second-order valence-corrected chi connectivity index (χ2v) is 3.48. The topological polar surface area (TPSA) is 104 Å². The Morgan fingerprint density at radius 1 is 1.20 bits per heavy atom. The number of rotatable bonds is 3. The van der Waals surface area contributed by atoms with Crippen LogP contribution in [0.2, 0.25) is 0 Å². The maximum Gasteiger partial charge on any atom is 1.00 e. The molecule has 7 nitrogen and oxygen atoms in total. The zero-order valence-electron chi connectivity index (χ0n) is 7.73. The van der Waals surface area contributed by atoms with Crippen LogP contribution in [-0.2, 0) is 10.3 Å². The second kappa shape index (κ2) is 5.42. The first-order valence-electron chi connectivity index (χ1n) is 3.38. The zero-order valence-corrected chi connectivity index (χ0v) is 10.5. The van der Waals surface area contributed by atoms with Gasteiger partial charge in [0.1, 0.15) is 5.69 Å². The fourth-order valence-electron chi connectivity index (χ4n) is 0.861. The summed E-state index contributed by atoms with van der Waals surface area (Å²) in [4.78, 5) is 10.3. The first-order valence-corrected chi connectivity index (χ1v) is 4.75. The van der Waals surface area contributed by atoms with Crippen molar-refractivity contribution in [1.82, 2.24) is 0 Å². The van der Waals surface area contributed by atoms with E-state index in [-0.39, 0.29) is 35.2 Å². The van der Waals surface area contributed by atoms with Crippen molar-refractivity contribution in [2.75, 3.05) is 4.41 Å². The molecule has 1 aromatic carbocycles. The molecule has 0 spiro atoms. The minimum Gasteiger partial charge on any atom is -0.727 e. The zero-order chi connectivity index (χ0) is 10.8. The Hall–Kier alpha value is -0.670. The largest absolute Gasteiger partial charge is 1.00 e. The molecule has 0 fully saturated rings. The molecule has 0 radical (unpaired) electrons. The summed E-state index contributed by atoms with van der Waals surface area (Å²) in [6.07, 6.45) is 0. The summed E-state index contributed by atoms with van der Waals surface area (Å²) in [5.41, 5.74) is -0.299. The van der Waals surface area contributed by atoms with Gasteiger partial charge in [0.15, 0.2) is 5.03 Å². The van der Waals surface area contributed by atoms with Gasteiger partial charge in [-0.25, -0.2) is 18.5 Å². The third-order valence-electron chi connectivity index (χ3n) is 1.34. The molecule has 0 saturated heterocycles. The van der Waals surface area contributed by atoms with E-state index in [9.17, 15) is 23.1 Å². The summed E-state index contributed by atoms with van der Waals surface area (Å²) in [6, 6.07) is 6.61. The first kappa shape index (κ1) is 14.3. The van der Waals surface area contributed by atoms with Crippen molar-refractivity contribution in [3.8, 4) is 0 Å². The van der Waals surface area contributed by atoms with Crippen molar-refractivity contribution in [2.45, 2.75) is 0 Å². The van der Waals surface area contributed by atoms with Crippen molar-refractivity contribution in [1.29, 1.82) is 0 Å². The number of nitro groups is 1. The normalized spacial score (nSPS) is 10.2. The summed E-state index contributed by atoms with van der Waals surface area (Å²) in [6.45, 7) is 0. The molecule has 0 saturated carbocycles. The summed E-state index contributed by atoms with van der Waals surface area (Å²) in [7, 11) is -5.13. The molecule has 0 N–H and O–H groups in total. The molecule has 9 heteroatoms. The van der Waals surface area contributed by atoms with Crippen LogP contribution in [0, 0.1) is 10.1 Å². The number of hydrogen-bond acceptors (Lipinski definition) is 5. The van der Waals surface area contributed by atoms with E-state index in [0.29, 0.717) is 0 Å².